The molecule has 0 spiro atoms. The molecule has 2 heterocycles. The molecule has 1 saturated heterocycles. The number of alkyl halides is 3. The molecule has 1 fully saturated rings. The molecule has 0 bridgehead atoms. The third-order valence-electron chi connectivity index (χ3n) is 4.64. The van der Waals surface area contributed by atoms with E-state index in [9.17, 15) is 30.8 Å². The topological polar surface area (TPSA) is 79.4 Å². The van der Waals surface area contributed by atoms with E-state index in [-0.39, 0.29) is 17.5 Å². The maximum atomic E-state index is 13.6. The largest absolute Gasteiger partial charge is 0.511 e. The maximum Gasteiger partial charge on any atom is 0.511 e. The molecule has 152 valence electrons. The lowest BCUT2D eigenvalue weighted by atomic mass is 10.00. The highest BCUT2D eigenvalue weighted by atomic mass is 32.2. The van der Waals surface area contributed by atoms with Crippen molar-refractivity contribution < 1.29 is 30.8 Å². The summed E-state index contributed by atoms with van der Waals surface area (Å²) in [4.78, 5) is 18.4. The van der Waals surface area contributed by atoms with Crippen LogP contribution in [0.25, 0.3) is 10.9 Å². The SMILES string of the molecule is O=C(c1ccnc2ccc(F)cc12)N1CCCCC1CNS(=O)(=O)C(F)(F)F. The number of likely N-dealkylation sites (tertiary alicyclic amines) is 1. The van der Waals surface area contributed by atoms with Gasteiger partial charge in [0.2, 0.25) is 0 Å². The molecule has 6 nitrogen and oxygen atoms in total. The maximum absolute atomic E-state index is 13.6. The number of aromatic nitrogens is 1. The predicted octanol–water partition coefficient (Wildman–Crippen LogP) is 2.81. The number of piperidine rings is 1. The number of hydrogen-bond donors (Lipinski definition) is 1. The molecule has 11 heteroatoms. The number of benzene rings is 1. The zero-order chi connectivity index (χ0) is 20.5. The van der Waals surface area contributed by atoms with Gasteiger partial charge in [0.05, 0.1) is 11.1 Å². The van der Waals surface area contributed by atoms with Gasteiger partial charge in [-0.2, -0.15) is 13.2 Å². The first-order valence-electron chi connectivity index (χ1n) is 8.51. The van der Waals surface area contributed by atoms with E-state index in [1.54, 1.807) is 0 Å². The molecule has 1 unspecified atom stereocenters. The van der Waals surface area contributed by atoms with Crippen molar-refractivity contribution in [3.8, 4) is 0 Å². The first-order valence-corrected chi connectivity index (χ1v) is 9.99. The number of nitrogens with one attached hydrogen (secondary N) is 1. The number of fused-ring (bicyclic) bond motifs is 1. The molecule has 0 saturated carbocycles. The van der Waals surface area contributed by atoms with E-state index in [0.717, 1.165) is 0 Å². The summed E-state index contributed by atoms with van der Waals surface area (Å²) in [5.74, 6) is -1.06. The lowest BCUT2D eigenvalue weighted by Crippen LogP contribution is -2.51. The average Bonchev–Trinajstić information content (AvgIpc) is 2.64. The number of pyridine rings is 1. The van der Waals surface area contributed by atoms with Crippen molar-refractivity contribution in [1.29, 1.82) is 0 Å². The second-order valence-electron chi connectivity index (χ2n) is 6.47. The van der Waals surface area contributed by atoms with Crippen LogP contribution in [-0.4, -0.2) is 48.8 Å². The fourth-order valence-electron chi connectivity index (χ4n) is 3.23. The van der Waals surface area contributed by atoms with Crippen LogP contribution in [0.5, 0.6) is 0 Å². The molecule has 1 atom stereocenters. The lowest BCUT2D eigenvalue weighted by molar-refractivity contribution is -0.0449. The third-order valence-corrected chi connectivity index (χ3v) is 5.79. The molecule has 1 aliphatic heterocycles. The quantitative estimate of drug-likeness (QED) is 0.773. The number of hydrogen-bond acceptors (Lipinski definition) is 4. The number of halogens is 4. The van der Waals surface area contributed by atoms with Gasteiger partial charge >= 0.3 is 15.5 Å². The Morgan fingerprint density at radius 1 is 1.25 bits per heavy atom. The van der Waals surface area contributed by atoms with Crippen molar-refractivity contribution in [1.82, 2.24) is 14.6 Å². The van der Waals surface area contributed by atoms with Crippen LogP contribution in [0.4, 0.5) is 17.6 Å². The van der Waals surface area contributed by atoms with Gasteiger partial charge in [0, 0.05) is 30.7 Å². The van der Waals surface area contributed by atoms with Crippen LogP contribution in [0.15, 0.2) is 30.5 Å². The number of carbonyl (C=O) groups is 1. The summed E-state index contributed by atoms with van der Waals surface area (Å²) in [5, 5.41) is 0.285. The Bertz CT molecular complexity index is 995. The van der Waals surface area contributed by atoms with Crippen LogP contribution < -0.4 is 4.72 Å². The van der Waals surface area contributed by atoms with Crippen molar-refractivity contribution in [2.75, 3.05) is 13.1 Å². The Morgan fingerprint density at radius 2 is 2.00 bits per heavy atom. The van der Waals surface area contributed by atoms with E-state index in [2.05, 4.69) is 4.98 Å². The number of carbonyl (C=O) groups excluding carboxylic acids is 1. The van der Waals surface area contributed by atoms with Gasteiger partial charge in [-0.25, -0.2) is 17.5 Å². The second kappa shape index (κ2) is 7.63. The van der Waals surface area contributed by atoms with Gasteiger partial charge in [-0.05, 0) is 43.5 Å². The molecule has 0 aliphatic carbocycles. The fourth-order valence-corrected chi connectivity index (χ4v) is 3.80. The van der Waals surface area contributed by atoms with Gasteiger partial charge in [-0.15, -0.1) is 0 Å². The molecule has 0 radical (unpaired) electrons. The summed E-state index contributed by atoms with van der Waals surface area (Å²) >= 11 is 0. The number of rotatable bonds is 4. The molecule has 1 aliphatic rings. The molecule has 2 aromatic rings. The van der Waals surface area contributed by atoms with Crippen molar-refractivity contribution in [2.45, 2.75) is 30.8 Å². The molecule has 3 rings (SSSR count). The van der Waals surface area contributed by atoms with E-state index < -0.39 is 39.8 Å². The molecule has 28 heavy (non-hydrogen) atoms. The summed E-state index contributed by atoms with van der Waals surface area (Å²) in [6.45, 7) is -0.290. The minimum atomic E-state index is -5.50. The van der Waals surface area contributed by atoms with Crippen molar-refractivity contribution in [3.63, 3.8) is 0 Å². The van der Waals surface area contributed by atoms with Gasteiger partial charge < -0.3 is 4.90 Å². The van der Waals surface area contributed by atoms with Crippen LogP contribution in [0.2, 0.25) is 0 Å². The van der Waals surface area contributed by atoms with E-state index in [0.29, 0.717) is 24.8 Å². The van der Waals surface area contributed by atoms with Crippen LogP contribution in [0.1, 0.15) is 29.6 Å². The highest BCUT2D eigenvalue weighted by molar-refractivity contribution is 7.90. The Morgan fingerprint density at radius 3 is 2.71 bits per heavy atom. The first kappa shape index (κ1) is 20.5. The molecular formula is C17H17F4N3O3S. The molecular weight excluding hydrogens is 402 g/mol. The number of amides is 1. The van der Waals surface area contributed by atoms with Gasteiger partial charge in [-0.3, -0.25) is 9.78 Å². The van der Waals surface area contributed by atoms with E-state index >= 15 is 0 Å². The van der Waals surface area contributed by atoms with E-state index in [1.165, 1.54) is 40.1 Å². The molecule has 1 N–H and O–H groups in total. The first-order chi connectivity index (χ1) is 13.1. The Labute approximate surface area is 158 Å². The summed E-state index contributed by atoms with van der Waals surface area (Å²) in [6, 6.07) is 4.47. The number of nitrogens with zero attached hydrogens (tertiary/aromatic N) is 2. The highest BCUT2D eigenvalue weighted by Gasteiger charge is 2.46. The zero-order valence-electron chi connectivity index (χ0n) is 14.5. The van der Waals surface area contributed by atoms with Crippen LogP contribution in [0, 0.1) is 5.82 Å². The molecule has 1 aromatic carbocycles. The summed E-state index contributed by atoms with van der Waals surface area (Å²) in [5.41, 5.74) is -4.86. The van der Waals surface area contributed by atoms with Gasteiger partial charge in [0.25, 0.3) is 5.91 Å². The van der Waals surface area contributed by atoms with Crippen LogP contribution >= 0.6 is 0 Å². The normalized spacial score (nSPS) is 18.4. The van der Waals surface area contributed by atoms with Gasteiger partial charge in [0.15, 0.2) is 0 Å². The Kier molecular flexibility index (Phi) is 5.57. The summed E-state index contributed by atoms with van der Waals surface area (Å²) in [7, 11) is -5.50. The van der Waals surface area contributed by atoms with E-state index in [1.807, 2.05) is 0 Å². The molecule has 1 amide bonds. The number of sulfonamides is 1. The average molecular weight is 419 g/mol. The minimum Gasteiger partial charge on any atom is -0.334 e. The summed E-state index contributed by atoms with van der Waals surface area (Å²) < 4.78 is 75.3. The van der Waals surface area contributed by atoms with Crippen molar-refractivity contribution in [3.05, 3.63) is 41.8 Å². The van der Waals surface area contributed by atoms with Crippen molar-refractivity contribution in [2.24, 2.45) is 0 Å². The predicted molar refractivity (Wildman–Crippen MR) is 93.4 cm³/mol. The fraction of sp³-hybridized carbons (Fsp3) is 0.412. The minimum absolute atomic E-state index is 0.162. The standard InChI is InChI=1S/C17H17F4N3O3S/c18-11-4-5-15-14(9-11)13(6-7-22-15)16(25)24-8-2-1-3-12(24)10-23-28(26,27)17(19,20)21/h4-7,9,12,23H,1-3,8,10H2. The monoisotopic (exact) mass is 419 g/mol. The molecule has 1 aromatic heterocycles. The third kappa shape index (κ3) is 4.09. The van der Waals surface area contributed by atoms with Crippen LogP contribution in [-0.2, 0) is 10.0 Å². The van der Waals surface area contributed by atoms with Gasteiger partial charge in [-0.1, -0.05) is 0 Å². The summed E-state index contributed by atoms with van der Waals surface area (Å²) in [6.07, 6.45) is 3.02. The Balaban J connectivity index is 1.87. The zero-order valence-corrected chi connectivity index (χ0v) is 15.4. The van der Waals surface area contributed by atoms with Gasteiger partial charge in [0.1, 0.15) is 5.82 Å². The van der Waals surface area contributed by atoms with E-state index in [4.69, 9.17) is 0 Å². The smallest absolute Gasteiger partial charge is 0.334 e. The highest BCUT2D eigenvalue weighted by Crippen LogP contribution is 2.25. The lowest BCUT2D eigenvalue weighted by Gasteiger charge is -2.36. The Hall–Kier alpha value is -2.27. The second-order valence-corrected chi connectivity index (χ2v) is 8.22. The van der Waals surface area contributed by atoms with Crippen LogP contribution in [0.3, 0.4) is 0 Å². The van der Waals surface area contributed by atoms with Crippen molar-refractivity contribution >= 4 is 26.8 Å².